The quantitative estimate of drug-likeness (QED) is 0.754. The Morgan fingerprint density at radius 1 is 1.04 bits per heavy atom. The van der Waals surface area contributed by atoms with E-state index in [1.54, 1.807) is 22.9 Å². The number of hydrogen-bond donors (Lipinski definition) is 1. The highest BCUT2D eigenvalue weighted by atomic mass is 19.1. The molecule has 2 aliphatic rings. The maximum Gasteiger partial charge on any atom is 0.226 e. The van der Waals surface area contributed by atoms with Gasteiger partial charge in [0.05, 0.1) is 0 Å². The summed E-state index contributed by atoms with van der Waals surface area (Å²) in [5.41, 5.74) is 2.97. The Bertz CT molecular complexity index is 1060. The van der Waals surface area contributed by atoms with E-state index in [9.17, 15) is 9.18 Å². The van der Waals surface area contributed by atoms with Gasteiger partial charge in [0.1, 0.15) is 18.2 Å². The van der Waals surface area contributed by atoms with Crippen molar-refractivity contribution in [3.63, 3.8) is 0 Å². The van der Waals surface area contributed by atoms with Gasteiger partial charge in [-0.2, -0.15) is 10.1 Å². The molecule has 27 heavy (non-hydrogen) atoms. The molecule has 0 radical (unpaired) electrons. The van der Waals surface area contributed by atoms with Crippen molar-refractivity contribution in [2.45, 2.75) is 24.8 Å². The summed E-state index contributed by atoms with van der Waals surface area (Å²) in [5.74, 6) is 0.298. The molecule has 5 rings (SSSR count). The monoisotopic (exact) mass is 360 g/mol. The van der Waals surface area contributed by atoms with E-state index < -0.39 is 6.04 Å². The SMILES string of the molecule is O=C1C[C@@H](c2ccccc2)CC2=C1[C@H](c1ccccc1F)n1ncnc1N2. The molecule has 0 saturated carbocycles. The molecule has 2 atom stereocenters. The molecule has 1 N–H and O–H groups in total. The van der Waals surface area contributed by atoms with Gasteiger partial charge in [0, 0.05) is 23.3 Å². The van der Waals surface area contributed by atoms with Gasteiger partial charge in [-0.25, -0.2) is 9.07 Å². The number of Topliss-reactive ketones (excluding diaryl/α,β-unsaturated/α-hetero) is 1. The zero-order chi connectivity index (χ0) is 18.4. The third-order valence-electron chi connectivity index (χ3n) is 5.33. The molecule has 1 aromatic heterocycles. The maximum absolute atomic E-state index is 14.6. The van der Waals surface area contributed by atoms with Crippen LogP contribution in [-0.2, 0) is 4.79 Å². The molecule has 0 amide bonds. The molecule has 0 spiro atoms. The number of fused-ring (bicyclic) bond motifs is 1. The number of carbonyl (C=O) groups is 1. The van der Waals surface area contributed by atoms with Crippen LogP contribution in [0.5, 0.6) is 0 Å². The van der Waals surface area contributed by atoms with Crippen LogP contribution < -0.4 is 5.32 Å². The summed E-state index contributed by atoms with van der Waals surface area (Å²) in [6.45, 7) is 0. The standard InChI is InChI=1S/C21H17FN4O/c22-16-9-5-4-8-15(16)20-19-17(25-21-23-12-24-26(20)21)10-14(11-18(19)27)13-6-2-1-3-7-13/h1-9,12,14,20H,10-11H2,(H,23,24,25)/t14-,20-/m0/s1. The molecule has 5 nitrogen and oxygen atoms in total. The molecule has 134 valence electrons. The minimum absolute atomic E-state index is 0.0204. The normalized spacial score (nSPS) is 21.4. The van der Waals surface area contributed by atoms with Crippen molar-refractivity contribution in [2.75, 3.05) is 5.32 Å². The molecule has 1 aliphatic heterocycles. The van der Waals surface area contributed by atoms with Crippen LogP contribution in [0, 0.1) is 5.82 Å². The third-order valence-corrected chi connectivity index (χ3v) is 5.33. The summed E-state index contributed by atoms with van der Waals surface area (Å²) in [6, 6.07) is 16.0. The predicted molar refractivity (Wildman–Crippen MR) is 98.6 cm³/mol. The van der Waals surface area contributed by atoms with Crippen molar-refractivity contribution in [2.24, 2.45) is 0 Å². The van der Waals surface area contributed by atoms with E-state index in [1.807, 2.05) is 30.3 Å². The lowest BCUT2D eigenvalue weighted by Gasteiger charge is -2.35. The van der Waals surface area contributed by atoms with E-state index in [0.29, 0.717) is 29.9 Å². The highest BCUT2D eigenvalue weighted by Gasteiger charge is 2.40. The van der Waals surface area contributed by atoms with Gasteiger partial charge >= 0.3 is 0 Å². The first kappa shape index (κ1) is 15.9. The highest BCUT2D eigenvalue weighted by molar-refractivity contribution is 6.00. The number of hydrogen-bond acceptors (Lipinski definition) is 4. The summed E-state index contributed by atoms with van der Waals surface area (Å²) in [7, 11) is 0. The average molecular weight is 360 g/mol. The maximum atomic E-state index is 14.6. The summed E-state index contributed by atoms with van der Waals surface area (Å²) < 4.78 is 16.2. The van der Waals surface area contributed by atoms with Crippen molar-refractivity contribution in [1.29, 1.82) is 0 Å². The van der Waals surface area contributed by atoms with Crippen LogP contribution in [0.25, 0.3) is 0 Å². The number of rotatable bonds is 2. The van der Waals surface area contributed by atoms with Crippen LogP contribution in [0.2, 0.25) is 0 Å². The minimum Gasteiger partial charge on any atom is -0.328 e. The zero-order valence-electron chi connectivity index (χ0n) is 14.5. The summed E-state index contributed by atoms with van der Waals surface area (Å²) in [4.78, 5) is 17.4. The molecular formula is C21H17FN4O. The Morgan fingerprint density at radius 3 is 2.63 bits per heavy atom. The Kier molecular flexibility index (Phi) is 3.63. The van der Waals surface area contributed by atoms with E-state index in [2.05, 4.69) is 15.4 Å². The first-order valence-corrected chi connectivity index (χ1v) is 8.94. The van der Waals surface area contributed by atoms with E-state index >= 15 is 0 Å². The van der Waals surface area contributed by atoms with E-state index in [-0.39, 0.29) is 17.5 Å². The second-order valence-electron chi connectivity index (χ2n) is 6.91. The molecule has 2 heterocycles. The Morgan fingerprint density at radius 2 is 1.81 bits per heavy atom. The van der Waals surface area contributed by atoms with Crippen molar-refractivity contribution in [1.82, 2.24) is 14.8 Å². The van der Waals surface area contributed by atoms with Gasteiger partial charge in [0.25, 0.3) is 0 Å². The highest BCUT2D eigenvalue weighted by Crippen LogP contribution is 2.44. The van der Waals surface area contributed by atoms with Gasteiger partial charge < -0.3 is 5.32 Å². The van der Waals surface area contributed by atoms with Gasteiger partial charge in [-0.3, -0.25) is 4.79 Å². The van der Waals surface area contributed by atoms with Crippen LogP contribution in [-0.4, -0.2) is 20.5 Å². The van der Waals surface area contributed by atoms with Crippen LogP contribution in [0.1, 0.15) is 35.9 Å². The van der Waals surface area contributed by atoms with Crippen LogP contribution >= 0.6 is 0 Å². The molecule has 2 aromatic carbocycles. The number of carbonyl (C=O) groups excluding carboxylic acids is 1. The second kappa shape index (κ2) is 6.16. The molecule has 0 fully saturated rings. The van der Waals surface area contributed by atoms with E-state index in [1.165, 1.54) is 12.4 Å². The minimum atomic E-state index is -0.593. The fraction of sp³-hybridized carbons (Fsp3) is 0.190. The average Bonchev–Trinajstić information content (AvgIpc) is 3.16. The van der Waals surface area contributed by atoms with Crippen LogP contribution in [0.3, 0.4) is 0 Å². The second-order valence-corrected chi connectivity index (χ2v) is 6.91. The van der Waals surface area contributed by atoms with Gasteiger partial charge in [-0.15, -0.1) is 0 Å². The van der Waals surface area contributed by atoms with Crippen molar-refractivity contribution in [3.8, 4) is 0 Å². The van der Waals surface area contributed by atoms with Gasteiger partial charge in [0.2, 0.25) is 5.95 Å². The molecule has 0 saturated heterocycles. The molecule has 3 aromatic rings. The van der Waals surface area contributed by atoms with E-state index in [4.69, 9.17) is 0 Å². The summed E-state index contributed by atoms with van der Waals surface area (Å²) >= 11 is 0. The number of aromatic nitrogens is 3. The largest absolute Gasteiger partial charge is 0.328 e. The number of ketones is 1. The lowest BCUT2D eigenvalue weighted by molar-refractivity contribution is -0.116. The Balaban J connectivity index is 1.63. The summed E-state index contributed by atoms with van der Waals surface area (Å²) in [5, 5.41) is 7.50. The van der Waals surface area contributed by atoms with Gasteiger partial charge in [-0.1, -0.05) is 48.5 Å². The number of nitrogens with zero attached hydrogens (tertiary/aromatic N) is 3. The summed E-state index contributed by atoms with van der Waals surface area (Å²) in [6.07, 6.45) is 2.51. The third kappa shape index (κ3) is 2.56. The van der Waals surface area contributed by atoms with Crippen molar-refractivity contribution in [3.05, 3.63) is 89.1 Å². The fourth-order valence-electron chi connectivity index (χ4n) is 4.10. The molecule has 0 unspecified atom stereocenters. The Hall–Kier alpha value is -3.28. The molecule has 0 bridgehead atoms. The molecular weight excluding hydrogens is 343 g/mol. The number of allylic oxidation sites excluding steroid dienone is 2. The van der Waals surface area contributed by atoms with E-state index in [0.717, 1.165) is 11.3 Å². The smallest absolute Gasteiger partial charge is 0.226 e. The molecule has 1 aliphatic carbocycles. The number of halogens is 1. The molecule has 6 heteroatoms. The number of benzene rings is 2. The zero-order valence-corrected chi connectivity index (χ0v) is 14.5. The lowest BCUT2D eigenvalue weighted by atomic mass is 9.78. The Labute approximate surface area is 155 Å². The lowest BCUT2D eigenvalue weighted by Crippen LogP contribution is -2.34. The van der Waals surface area contributed by atoms with Gasteiger partial charge in [-0.05, 0) is 24.0 Å². The first-order valence-electron chi connectivity index (χ1n) is 8.94. The van der Waals surface area contributed by atoms with Crippen molar-refractivity contribution < 1.29 is 9.18 Å². The fourth-order valence-corrected chi connectivity index (χ4v) is 4.10. The first-order chi connectivity index (χ1) is 13.2. The van der Waals surface area contributed by atoms with Crippen molar-refractivity contribution >= 4 is 11.7 Å². The topological polar surface area (TPSA) is 59.8 Å². The number of anilines is 1. The van der Waals surface area contributed by atoms with Crippen LogP contribution in [0.4, 0.5) is 10.3 Å². The van der Waals surface area contributed by atoms with Crippen LogP contribution in [0.15, 0.2) is 72.2 Å². The number of nitrogens with one attached hydrogen (secondary N) is 1. The van der Waals surface area contributed by atoms with Gasteiger partial charge in [0.15, 0.2) is 5.78 Å². The predicted octanol–water partition coefficient (Wildman–Crippen LogP) is 3.83.